The molecule has 18 aromatic carbocycles. The highest BCUT2D eigenvalue weighted by atomic mass is 32.1. The van der Waals surface area contributed by atoms with Crippen molar-refractivity contribution in [1.82, 2.24) is 19.1 Å². The maximum atomic E-state index is 6.73. The van der Waals surface area contributed by atoms with E-state index in [9.17, 15) is 0 Å². The number of benzene rings is 18. The van der Waals surface area contributed by atoms with Crippen LogP contribution in [-0.4, -0.2) is 19.1 Å². The van der Waals surface area contributed by atoms with E-state index in [1.54, 1.807) is 0 Å². The Morgan fingerprint density at radius 2 is 0.716 bits per heavy atom. The third kappa shape index (κ3) is 10.7. The van der Waals surface area contributed by atoms with Gasteiger partial charge in [-0.1, -0.05) is 200 Å². The minimum absolute atomic E-state index is 0.566. The fourth-order valence-corrected chi connectivity index (χ4v) is 18.9. The number of furan rings is 1. The van der Waals surface area contributed by atoms with E-state index in [1.165, 1.54) is 41.7 Å². The monoisotopic (exact) mass is 1500 g/mol. The largest absolute Gasteiger partial charge is 0.456 e. The first-order chi connectivity index (χ1) is 57.4. The Kier molecular flexibility index (Phi) is 14.7. The van der Waals surface area contributed by atoms with Gasteiger partial charge in [0.15, 0.2) is 11.2 Å². The first-order valence-corrected chi connectivity index (χ1v) is 39.9. The Labute approximate surface area is 668 Å². The van der Waals surface area contributed by atoms with Gasteiger partial charge in [0.2, 0.25) is 11.8 Å². The number of hydrogen-bond donors (Lipinski definition) is 0. The summed E-state index contributed by atoms with van der Waals surface area (Å²) in [5.74, 6) is 1.18. The van der Waals surface area contributed by atoms with Gasteiger partial charge in [0.05, 0.1) is 22.1 Å². The van der Waals surface area contributed by atoms with Gasteiger partial charge in [-0.25, -0.2) is 9.97 Å². The highest BCUT2D eigenvalue weighted by molar-refractivity contribution is 7.25. The highest BCUT2D eigenvalue weighted by Crippen LogP contribution is 2.47. The van der Waals surface area contributed by atoms with E-state index in [0.717, 1.165) is 178 Å². The first kappa shape index (κ1) is 65.4. The minimum Gasteiger partial charge on any atom is -0.456 e. The summed E-state index contributed by atoms with van der Waals surface area (Å²) in [4.78, 5) is 15.0. The van der Waals surface area contributed by atoms with Crippen molar-refractivity contribution in [3.8, 4) is 67.7 Å². The number of rotatable bonds is 13. The Hall–Kier alpha value is -15.4. The van der Waals surface area contributed by atoms with Crippen molar-refractivity contribution >= 4 is 175 Å². The van der Waals surface area contributed by atoms with Crippen LogP contribution in [0.25, 0.3) is 197 Å². The second-order valence-corrected chi connectivity index (χ2v) is 31.1. The molecule has 0 radical (unpaired) electrons. The number of nitrogens with zero attached hydrogens (tertiary/aromatic N) is 6. The topological polar surface area (TPSA) is 81.5 Å². The molecule has 0 fully saturated rings. The molecule has 0 aliphatic carbocycles. The Morgan fingerprint density at radius 1 is 0.233 bits per heavy atom. The van der Waals surface area contributed by atoms with Gasteiger partial charge in [-0.2, -0.15) is 0 Å². The van der Waals surface area contributed by atoms with Crippen molar-refractivity contribution in [2.75, 3.05) is 9.80 Å². The molecule has 24 aromatic rings. The zero-order chi connectivity index (χ0) is 76.1. The first-order valence-electron chi connectivity index (χ1n) is 39.1. The summed E-state index contributed by atoms with van der Waals surface area (Å²) in [6, 6.07) is 139. The van der Waals surface area contributed by atoms with E-state index in [1.807, 2.05) is 65.9 Å². The number of anilines is 6. The van der Waals surface area contributed by atoms with Gasteiger partial charge < -0.3 is 32.2 Å². The van der Waals surface area contributed by atoms with Gasteiger partial charge >= 0.3 is 0 Å². The molecule has 6 aromatic heterocycles. The lowest BCUT2D eigenvalue weighted by molar-refractivity contribution is 0.620. The van der Waals surface area contributed by atoms with Crippen LogP contribution >= 0.6 is 11.3 Å². The van der Waals surface area contributed by atoms with Crippen LogP contribution < -0.4 is 9.80 Å². The number of oxazole rings is 2. The van der Waals surface area contributed by atoms with Crippen molar-refractivity contribution in [3.63, 3.8) is 0 Å². The van der Waals surface area contributed by atoms with Gasteiger partial charge in [0.25, 0.3) is 0 Å². The molecule has 24 rings (SSSR count). The third-order valence-corrected chi connectivity index (χ3v) is 24.5. The molecule has 116 heavy (non-hydrogen) atoms. The van der Waals surface area contributed by atoms with Gasteiger partial charge in [0, 0.05) is 126 Å². The smallest absolute Gasteiger partial charge is 0.227 e. The van der Waals surface area contributed by atoms with Crippen molar-refractivity contribution in [1.29, 1.82) is 0 Å². The van der Waals surface area contributed by atoms with E-state index in [4.69, 9.17) is 23.2 Å². The van der Waals surface area contributed by atoms with Crippen LogP contribution in [0.2, 0.25) is 0 Å². The summed E-state index contributed by atoms with van der Waals surface area (Å²) in [5, 5.41) is 13.6. The summed E-state index contributed by atoms with van der Waals surface area (Å²) in [7, 11) is 0. The van der Waals surface area contributed by atoms with Crippen molar-refractivity contribution in [2.45, 2.75) is 0 Å². The number of para-hydroxylation sites is 4. The SMILES string of the molecule is c1ccc(-c2nc3ccc4ccc(-c5ccc(N(c6ccc7sc8ccccc8c7c6)c6ccc7c8ccccc8n(-c8ccc(-c9cccc(-c%10nc%11c(ccc%12ccc(-c%13ccc(N(c%14ccc%15c(c%14)oc%14ccccc%14%15)c%14ccc%15c(c%14)c%14ccccc%14n%15-c%14ccccc%14)cc%13)cc%12%11)o%10)c9)cc8)c7c6)cc5)cc4c3o2)cc1. The summed E-state index contributed by atoms with van der Waals surface area (Å²) in [6.45, 7) is 0. The molecular weight excluding hydrogens is 1440 g/mol. The number of thiophene rings is 1. The van der Waals surface area contributed by atoms with E-state index in [2.05, 4.69) is 353 Å². The molecule has 0 saturated carbocycles. The van der Waals surface area contributed by atoms with Crippen molar-refractivity contribution in [3.05, 3.63) is 388 Å². The molecule has 0 atom stereocenters. The number of hydrogen-bond acceptors (Lipinski definition) is 8. The Morgan fingerprint density at radius 3 is 1.47 bits per heavy atom. The van der Waals surface area contributed by atoms with Gasteiger partial charge in [-0.05, 0) is 226 Å². The van der Waals surface area contributed by atoms with Gasteiger partial charge in [-0.3, -0.25) is 0 Å². The molecule has 0 aliphatic heterocycles. The number of fused-ring (bicyclic) bond motifs is 18. The predicted octanol–water partition coefficient (Wildman–Crippen LogP) is 30.0. The van der Waals surface area contributed by atoms with Gasteiger partial charge in [0.1, 0.15) is 22.2 Å². The quantitative estimate of drug-likeness (QED) is 0.114. The normalized spacial score (nSPS) is 12.0. The van der Waals surface area contributed by atoms with Crippen LogP contribution in [0.3, 0.4) is 0 Å². The standard InChI is InChI=1S/C106H64N6O3S/c1-3-16-70(17-4-1)105-107-93-54-40-69-31-33-73(60-90(69)104(93)115-105)67-36-42-76(43-37-67)109(80-51-57-102-92(62-80)88-25-10-14-29-101(88)116-102)81-48-52-85-83-22-7-11-26-94(83)112(97(85)63-81)78-46-38-65(39-47-78)71-18-15-19-74(58-71)106-108-103-89-59-72(32-30-68(89)41-56-99(103)114-106)66-34-44-77(45-35-66)110(82-49-53-87-86-24-9-13-28-98(86)113-100(87)64-82)79-50-55-96-91(61-79)84-23-8-12-27-95(84)111(96)75-20-5-2-6-21-75/h1-64H. The summed E-state index contributed by atoms with van der Waals surface area (Å²) in [6.07, 6.45) is 0. The zero-order valence-electron chi connectivity index (χ0n) is 62.3. The van der Waals surface area contributed by atoms with E-state index < -0.39 is 0 Å². The Bertz CT molecular complexity index is 8090. The van der Waals surface area contributed by atoms with Crippen LogP contribution in [0.4, 0.5) is 34.1 Å². The molecule has 0 bridgehead atoms. The molecule has 6 heterocycles. The summed E-state index contributed by atoms with van der Waals surface area (Å²) < 4.78 is 27.1. The lowest BCUT2D eigenvalue weighted by atomic mass is 10.00. The molecule has 0 amide bonds. The van der Waals surface area contributed by atoms with Crippen molar-refractivity contribution < 1.29 is 13.3 Å². The second-order valence-electron chi connectivity index (χ2n) is 30.0. The van der Waals surface area contributed by atoms with Gasteiger partial charge in [-0.15, -0.1) is 11.3 Å². The second kappa shape index (κ2) is 26.1. The van der Waals surface area contributed by atoms with Crippen LogP contribution in [0.5, 0.6) is 0 Å². The molecule has 0 unspecified atom stereocenters. The summed E-state index contributed by atoms with van der Waals surface area (Å²) in [5.41, 5.74) is 26.1. The molecule has 0 saturated heterocycles. The van der Waals surface area contributed by atoms with Crippen LogP contribution in [-0.2, 0) is 0 Å². The van der Waals surface area contributed by atoms with E-state index in [0.29, 0.717) is 11.8 Å². The lowest BCUT2D eigenvalue weighted by Gasteiger charge is -2.26. The third-order valence-electron chi connectivity index (χ3n) is 23.3. The molecule has 9 nitrogen and oxygen atoms in total. The van der Waals surface area contributed by atoms with Crippen LogP contribution in [0.15, 0.2) is 401 Å². The fraction of sp³-hybridized carbons (Fsp3) is 0. The molecule has 0 N–H and O–H groups in total. The average Bonchev–Trinajstić information content (AvgIpc) is 1.58. The van der Waals surface area contributed by atoms with Crippen LogP contribution in [0.1, 0.15) is 0 Å². The molecule has 0 spiro atoms. The maximum absolute atomic E-state index is 6.73. The average molecular weight is 1500 g/mol. The van der Waals surface area contributed by atoms with E-state index >= 15 is 0 Å². The highest BCUT2D eigenvalue weighted by Gasteiger charge is 2.24. The zero-order valence-corrected chi connectivity index (χ0v) is 63.1. The fourth-order valence-electron chi connectivity index (χ4n) is 17.8. The molecule has 10 heteroatoms. The summed E-state index contributed by atoms with van der Waals surface area (Å²) >= 11 is 1.84. The molecule has 0 aliphatic rings. The van der Waals surface area contributed by atoms with Crippen LogP contribution in [0, 0.1) is 0 Å². The minimum atomic E-state index is 0.566. The Balaban J connectivity index is 0.549. The van der Waals surface area contributed by atoms with Crippen molar-refractivity contribution in [2.24, 2.45) is 0 Å². The molecular formula is C106H64N6O3S. The predicted molar refractivity (Wildman–Crippen MR) is 482 cm³/mol. The lowest BCUT2D eigenvalue weighted by Crippen LogP contribution is -2.10. The maximum Gasteiger partial charge on any atom is 0.227 e. The van der Waals surface area contributed by atoms with E-state index in [-0.39, 0.29) is 0 Å². The molecule has 542 valence electrons. The number of aromatic nitrogens is 4.